The molecular formula is C17H22N2. The number of nitrogens with zero attached hydrogens (tertiary/aromatic N) is 1. The molecule has 1 aromatic carbocycles. The molecule has 1 heterocycles. The summed E-state index contributed by atoms with van der Waals surface area (Å²) in [7, 11) is 2.08. The lowest BCUT2D eigenvalue weighted by Crippen LogP contribution is -2.23. The van der Waals surface area contributed by atoms with Crippen molar-refractivity contribution in [2.24, 2.45) is 11.8 Å². The molecule has 0 amide bonds. The van der Waals surface area contributed by atoms with Crippen molar-refractivity contribution in [1.29, 1.82) is 0 Å². The Morgan fingerprint density at radius 1 is 1.26 bits per heavy atom. The first-order valence-corrected chi connectivity index (χ1v) is 7.30. The number of pyridine rings is 1. The molecule has 0 saturated heterocycles. The van der Waals surface area contributed by atoms with Gasteiger partial charge in [0.2, 0.25) is 0 Å². The van der Waals surface area contributed by atoms with E-state index in [1.165, 1.54) is 30.2 Å². The molecule has 1 aromatic heterocycles. The Hall–Kier alpha value is -1.41. The van der Waals surface area contributed by atoms with Gasteiger partial charge in [0.15, 0.2) is 0 Å². The zero-order valence-corrected chi connectivity index (χ0v) is 11.8. The zero-order chi connectivity index (χ0) is 13.2. The number of hydrogen-bond acceptors (Lipinski definition) is 2. The second-order valence-electron chi connectivity index (χ2n) is 5.90. The Kier molecular flexibility index (Phi) is 3.52. The Morgan fingerprint density at radius 3 is 2.89 bits per heavy atom. The third-order valence-electron chi connectivity index (χ3n) is 4.51. The molecule has 0 aliphatic heterocycles. The summed E-state index contributed by atoms with van der Waals surface area (Å²) in [6, 6.07) is 11.3. The topological polar surface area (TPSA) is 24.9 Å². The highest BCUT2D eigenvalue weighted by atomic mass is 14.9. The molecule has 3 unspecified atom stereocenters. The Labute approximate surface area is 115 Å². The van der Waals surface area contributed by atoms with Gasteiger partial charge >= 0.3 is 0 Å². The van der Waals surface area contributed by atoms with E-state index in [4.69, 9.17) is 0 Å². The smallest absolute Gasteiger partial charge is 0.0705 e. The predicted octanol–water partition coefficient (Wildman–Crippen LogP) is 3.93. The van der Waals surface area contributed by atoms with E-state index in [1.54, 1.807) is 0 Å². The largest absolute Gasteiger partial charge is 0.313 e. The van der Waals surface area contributed by atoms with E-state index in [0.29, 0.717) is 6.04 Å². The van der Waals surface area contributed by atoms with Crippen LogP contribution in [-0.4, -0.2) is 12.0 Å². The summed E-state index contributed by atoms with van der Waals surface area (Å²) in [5, 5.41) is 4.74. The zero-order valence-electron chi connectivity index (χ0n) is 11.8. The van der Waals surface area contributed by atoms with Gasteiger partial charge in [-0.05, 0) is 49.4 Å². The minimum atomic E-state index is 0.469. The first-order valence-electron chi connectivity index (χ1n) is 7.30. The van der Waals surface area contributed by atoms with Crippen LogP contribution in [-0.2, 0) is 0 Å². The molecule has 1 aliphatic rings. The molecular weight excluding hydrogens is 232 g/mol. The van der Waals surface area contributed by atoms with Gasteiger partial charge in [-0.25, -0.2) is 0 Å². The number of benzene rings is 1. The first-order chi connectivity index (χ1) is 9.28. The molecule has 3 rings (SSSR count). The molecule has 1 saturated carbocycles. The minimum absolute atomic E-state index is 0.469. The molecule has 2 heteroatoms. The van der Waals surface area contributed by atoms with Crippen LogP contribution in [0.5, 0.6) is 0 Å². The maximum absolute atomic E-state index is 4.47. The lowest BCUT2D eigenvalue weighted by Gasteiger charge is -2.24. The van der Waals surface area contributed by atoms with Gasteiger partial charge in [-0.15, -0.1) is 0 Å². The summed E-state index contributed by atoms with van der Waals surface area (Å²) in [6.45, 7) is 2.37. The summed E-state index contributed by atoms with van der Waals surface area (Å²) in [5.74, 6) is 1.64. The summed E-state index contributed by atoms with van der Waals surface area (Å²) in [5.41, 5.74) is 2.49. The molecule has 2 aromatic rings. The van der Waals surface area contributed by atoms with Gasteiger partial charge in [-0.2, -0.15) is 0 Å². The van der Waals surface area contributed by atoms with Crippen molar-refractivity contribution in [2.75, 3.05) is 7.05 Å². The molecule has 0 spiro atoms. The van der Waals surface area contributed by atoms with Gasteiger partial charge < -0.3 is 5.32 Å². The van der Waals surface area contributed by atoms with Gasteiger partial charge in [0, 0.05) is 17.6 Å². The SMILES string of the molecule is CNC(c1ccc2cccnc2c1)C1CCC(C)C1. The van der Waals surface area contributed by atoms with E-state index >= 15 is 0 Å². The number of hydrogen-bond donors (Lipinski definition) is 1. The van der Waals surface area contributed by atoms with Crippen molar-refractivity contribution in [3.05, 3.63) is 42.1 Å². The van der Waals surface area contributed by atoms with Crippen LogP contribution >= 0.6 is 0 Å². The van der Waals surface area contributed by atoms with Crippen molar-refractivity contribution >= 4 is 10.9 Å². The molecule has 100 valence electrons. The van der Waals surface area contributed by atoms with E-state index < -0.39 is 0 Å². The molecule has 0 radical (unpaired) electrons. The Bertz CT molecular complexity index is 564. The van der Waals surface area contributed by atoms with Gasteiger partial charge in [-0.3, -0.25) is 4.98 Å². The van der Waals surface area contributed by atoms with Crippen molar-refractivity contribution in [3.8, 4) is 0 Å². The van der Waals surface area contributed by atoms with Crippen molar-refractivity contribution in [2.45, 2.75) is 32.2 Å². The highest BCUT2D eigenvalue weighted by Gasteiger charge is 2.28. The molecule has 0 bridgehead atoms. The van der Waals surface area contributed by atoms with Crippen molar-refractivity contribution < 1.29 is 0 Å². The Morgan fingerprint density at radius 2 is 2.16 bits per heavy atom. The van der Waals surface area contributed by atoms with Gasteiger partial charge in [-0.1, -0.05) is 31.5 Å². The minimum Gasteiger partial charge on any atom is -0.313 e. The summed E-state index contributed by atoms with van der Waals surface area (Å²) in [6.07, 6.45) is 5.92. The van der Waals surface area contributed by atoms with E-state index in [0.717, 1.165) is 17.4 Å². The molecule has 2 nitrogen and oxygen atoms in total. The summed E-state index contributed by atoms with van der Waals surface area (Å²) >= 11 is 0. The standard InChI is InChI=1S/C17H22N2/c1-12-5-6-14(10-12)17(18-2)15-8-7-13-4-3-9-19-16(13)11-15/h3-4,7-9,11-12,14,17-18H,5-6,10H2,1-2H3. The normalized spacial score (nSPS) is 24.7. The fraction of sp³-hybridized carbons (Fsp3) is 0.471. The fourth-order valence-corrected chi connectivity index (χ4v) is 3.51. The fourth-order valence-electron chi connectivity index (χ4n) is 3.51. The Balaban J connectivity index is 1.92. The van der Waals surface area contributed by atoms with Crippen LogP contribution in [0.25, 0.3) is 10.9 Å². The number of fused-ring (bicyclic) bond motifs is 1. The lowest BCUT2D eigenvalue weighted by atomic mass is 9.90. The third kappa shape index (κ3) is 2.50. The van der Waals surface area contributed by atoms with Crippen LogP contribution in [0.3, 0.4) is 0 Å². The van der Waals surface area contributed by atoms with Crippen LogP contribution in [0.1, 0.15) is 37.8 Å². The van der Waals surface area contributed by atoms with Crippen LogP contribution in [0.4, 0.5) is 0 Å². The van der Waals surface area contributed by atoms with E-state index in [9.17, 15) is 0 Å². The van der Waals surface area contributed by atoms with Crippen LogP contribution in [0.15, 0.2) is 36.5 Å². The number of aromatic nitrogens is 1. The van der Waals surface area contributed by atoms with Gasteiger partial charge in [0.25, 0.3) is 0 Å². The number of rotatable bonds is 3. The molecule has 1 fully saturated rings. The summed E-state index contributed by atoms with van der Waals surface area (Å²) < 4.78 is 0. The quantitative estimate of drug-likeness (QED) is 0.897. The highest BCUT2D eigenvalue weighted by molar-refractivity contribution is 5.79. The van der Waals surface area contributed by atoms with Crippen LogP contribution < -0.4 is 5.32 Å². The number of nitrogens with one attached hydrogen (secondary N) is 1. The van der Waals surface area contributed by atoms with Crippen LogP contribution in [0.2, 0.25) is 0 Å². The van der Waals surface area contributed by atoms with E-state index in [-0.39, 0.29) is 0 Å². The molecule has 3 atom stereocenters. The van der Waals surface area contributed by atoms with Crippen molar-refractivity contribution in [3.63, 3.8) is 0 Å². The predicted molar refractivity (Wildman–Crippen MR) is 80.0 cm³/mol. The highest BCUT2D eigenvalue weighted by Crippen LogP contribution is 2.39. The molecule has 1 N–H and O–H groups in total. The maximum atomic E-state index is 4.47. The summed E-state index contributed by atoms with van der Waals surface area (Å²) in [4.78, 5) is 4.47. The third-order valence-corrected chi connectivity index (χ3v) is 4.51. The maximum Gasteiger partial charge on any atom is 0.0705 e. The van der Waals surface area contributed by atoms with E-state index in [1.807, 2.05) is 12.3 Å². The first kappa shape index (κ1) is 12.6. The average molecular weight is 254 g/mol. The van der Waals surface area contributed by atoms with Crippen LogP contribution in [0, 0.1) is 11.8 Å². The average Bonchev–Trinajstić information content (AvgIpc) is 2.86. The van der Waals surface area contributed by atoms with Gasteiger partial charge in [0.1, 0.15) is 0 Å². The van der Waals surface area contributed by atoms with Gasteiger partial charge in [0.05, 0.1) is 5.52 Å². The molecule has 19 heavy (non-hydrogen) atoms. The van der Waals surface area contributed by atoms with E-state index in [2.05, 4.69) is 48.5 Å². The second kappa shape index (κ2) is 5.30. The second-order valence-corrected chi connectivity index (χ2v) is 5.90. The monoisotopic (exact) mass is 254 g/mol. The van der Waals surface area contributed by atoms with Crippen molar-refractivity contribution in [1.82, 2.24) is 10.3 Å². The molecule has 1 aliphatic carbocycles. The lowest BCUT2D eigenvalue weighted by molar-refractivity contribution is 0.380.